The summed E-state index contributed by atoms with van der Waals surface area (Å²) in [6.45, 7) is 0. The van der Waals surface area contributed by atoms with E-state index in [2.05, 4.69) is 204 Å². The summed E-state index contributed by atoms with van der Waals surface area (Å²) in [5.74, 6) is 1.80. The highest BCUT2D eigenvalue weighted by Gasteiger charge is 2.27. The molecule has 0 fully saturated rings. The molecule has 0 atom stereocenters. The van der Waals surface area contributed by atoms with E-state index in [1.807, 2.05) is 6.07 Å². The van der Waals surface area contributed by atoms with Crippen LogP contribution in [-0.2, 0) is 0 Å². The van der Waals surface area contributed by atoms with Gasteiger partial charge in [0, 0.05) is 38.5 Å². The van der Waals surface area contributed by atoms with Crippen molar-refractivity contribution >= 4 is 60.4 Å². The number of anilines is 3. The van der Waals surface area contributed by atoms with Gasteiger partial charge in [-0.2, -0.15) is 9.97 Å². The Morgan fingerprint density at radius 1 is 0.345 bits per heavy atom. The number of hydrogen-bond acceptors (Lipinski definition) is 4. The molecule has 11 aromatic rings. The minimum absolute atomic E-state index is 0.578. The molecule has 0 radical (unpaired) electrons. The molecule has 9 aromatic carbocycles. The van der Waals surface area contributed by atoms with Gasteiger partial charge in [-0.1, -0.05) is 152 Å². The zero-order chi connectivity index (χ0) is 38.2. The van der Waals surface area contributed by atoms with Gasteiger partial charge in [0.15, 0.2) is 11.6 Å². The zero-order valence-corrected chi connectivity index (χ0v) is 31.3. The van der Waals surface area contributed by atoms with E-state index in [9.17, 15) is 0 Å². The van der Waals surface area contributed by atoms with Gasteiger partial charge in [0.2, 0.25) is 5.95 Å². The Kier molecular flexibility index (Phi) is 7.16. The number of rotatable bonds is 5. The van der Waals surface area contributed by atoms with Gasteiger partial charge in [-0.3, -0.25) is 4.57 Å². The van der Waals surface area contributed by atoms with Crippen LogP contribution in [0.4, 0.5) is 17.1 Å². The average Bonchev–Trinajstić information content (AvgIpc) is 3.64. The minimum atomic E-state index is 0.578. The summed E-state index contributed by atoms with van der Waals surface area (Å²) in [4.78, 5) is 18.0. The Bertz CT molecular complexity index is 3330. The van der Waals surface area contributed by atoms with Gasteiger partial charge >= 0.3 is 0 Å². The van der Waals surface area contributed by atoms with Crippen molar-refractivity contribution in [1.82, 2.24) is 19.5 Å². The molecule has 0 amide bonds. The molecule has 0 aliphatic carbocycles. The summed E-state index contributed by atoms with van der Waals surface area (Å²) in [5.41, 5.74) is 12.1. The molecule has 3 heterocycles. The number of nitrogens with zero attached hydrogens (tertiary/aromatic N) is 5. The van der Waals surface area contributed by atoms with Crippen LogP contribution in [0.15, 0.2) is 200 Å². The third-order valence-corrected chi connectivity index (χ3v) is 11.6. The van der Waals surface area contributed by atoms with E-state index < -0.39 is 0 Å². The van der Waals surface area contributed by atoms with Crippen molar-refractivity contribution in [2.75, 3.05) is 4.90 Å². The summed E-state index contributed by atoms with van der Waals surface area (Å²) < 4.78 is 2.17. The first-order chi connectivity index (χ1) is 28.8. The number of fused-ring (bicyclic) bond motifs is 7. The van der Waals surface area contributed by atoms with Gasteiger partial charge in [0.25, 0.3) is 0 Å². The third kappa shape index (κ3) is 5.00. The van der Waals surface area contributed by atoms with Crippen LogP contribution in [0, 0.1) is 0 Å². The Morgan fingerprint density at radius 3 is 1.60 bits per heavy atom. The molecule has 5 nitrogen and oxygen atoms in total. The molecule has 0 bridgehead atoms. The molecule has 58 heavy (non-hydrogen) atoms. The second-order valence-corrected chi connectivity index (χ2v) is 14.8. The maximum atomic E-state index is 5.24. The van der Waals surface area contributed by atoms with Crippen molar-refractivity contribution < 1.29 is 0 Å². The van der Waals surface area contributed by atoms with E-state index in [1.54, 1.807) is 0 Å². The molecule has 0 saturated heterocycles. The standard InChI is InChI=1S/C53H33N5/c1-2-12-34(13-3-1)35-24-26-38(27-25-35)51-54-52(56-53(55-51)58-45-21-8-6-18-42(45)43-19-7-9-22-46(43)58)39-28-31-40(32-29-39)57-47-23-11-16-37-15-10-20-44(49(37)47)50-41-17-5-4-14-36(41)30-33-48(50)57/h1-33H. The second-order valence-electron chi connectivity index (χ2n) is 14.8. The normalized spacial score (nSPS) is 12.1. The van der Waals surface area contributed by atoms with E-state index in [-0.39, 0.29) is 0 Å². The van der Waals surface area contributed by atoms with E-state index in [1.165, 1.54) is 43.9 Å². The smallest absolute Gasteiger partial charge is 0.238 e. The lowest BCUT2D eigenvalue weighted by Crippen LogP contribution is -2.15. The van der Waals surface area contributed by atoms with Crippen LogP contribution in [0.5, 0.6) is 0 Å². The highest BCUT2D eigenvalue weighted by molar-refractivity contribution is 6.19. The largest absolute Gasteiger partial charge is 0.309 e. The van der Waals surface area contributed by atoms with Gasteiger partial charge in [0.05, 0.1) is 22.4 Å². The van der Waals surface area contributed by atoms with Crippen LogP contribution in [0.3, 0.4) is 0 Å². The van der Waals surface area contributed by atoms with Crippen molar-refractivity contribution in [1.29, 1.82) is 0 Å². The Labute approximate surface area is 334 Å². The van der Waals surface area contributed by atoms with Gasteiger partial charge in [0.1, 0.15) is 0 Å². The second kappa shape index (κ2) is 12.8. The molecule has 0 saturated carbocycles. The topological polar surface area (TPSA) is 46.8 Å². The van der Waals surface area contributed by atoms with Crippen LogP contribution < -0.4 is 4.90 Å². The fourth-order valence-corrected chi connectivity index (χ4v) is 8.92. The van der Waals surface area contributed by atoms with E-state index in [0.29, 0.717) is 17.6 Å². The Morgan fingerprint density at radius 2 is 0.897 bits per heavy atom. The monoisotopic (exact) mass is 739 g/mol. The van der Waals surface area contributed by atoms with Crippen molar-refractivity contribution in [3.63, 3.8) is 0 Å². The fourth-order valence-electron chi connectivity index (χ4n) is 8.92. The fraction of sp³-hybridized carbons (Fsp3) is 0. The van der Waals surface area contributed by atoms with Crippen molar-refractivity contribution in [2.24, 2.45) is 0 Å². The first-order valence-corrected chi connectivity index (χ1v) is 19.6. The van der Waals surface area contributed by atoms with Crippen molar-refractivity contribution in [3.8, 4) is 51.0 Å². The molecule has 2 aromatic heterocycles. The lowest BCUT2D eigenvalue weighted by Gasteiger charge is -2.34. The lowest BCUT2D eigenvalue weighted by atomic mass is 9.87. The van der Waals surface area contributed by atoms with Gasteiger partial charge in [-0.25, -0.2) is 4.98 Å². The van der Waals surface area contributed by atoms with Crippen LogP contribution in [0.2, 0.25) is 0 Å². The predicted octanol–water partition coefficient (Wildman–Crippen LogP) is 13.7. The predicted molar refractivity (Wildman–Crippen MR) is 239 cm³/mol. The van der Waals surface area contributed by atoms with Gasteiger partial charge < -0.3 is 4.90 Å². The molecule has 12 rings (SSSR count). The van der Waals surface area contributed by atoms with E-state index in [4.69, 9.17) is 15.0 Å². The Balaban J connectivity index is 1.03. The highest BCUT2D eigenvalue weighted by atomic mass is 15.2. The SMILES string of the molecule is c1ccc(-c2ccc(-c3nc(-c4ccc(N5c6ccc7ccccc7c6-c6cccc7cccc5c67)cc4)nc(-n4c5ccccc5c5ccccc54)n3)cc2)cc1. The molecule has 270 valence electrons. The first-order valence-electron chi connectivity index (χ1n) is 19.6. The van der Waals surface area contributed by atoms with Gasteiger partial charge in [-0.05, 0) is 81.4 Å². The molecular formula is C53H33N5. The summed E-state index contributed by atoms with van der Waals surface area (Å²) >= 11 is 0. The van der Waals surface area contributed by atoms with Crippen molar-refractivity contribution in [3.05, 3.63) is 200 Å². The van der Waals surface area contributed by atoms with Crippen LogP contribution in [0.25, 0.3) is 94.3 Å². The first kappa shape index (κ1) is 32.4. The lowest BCUT2D eigenvalue weighted by molar-refractivity contribution is 0.953. The Hall–Kier alpha value is -7.89. The van der Waals surface area contributed by atoms with Crippen LogP contribution >= 0.6 is 0 Å². The molecular weight excluding hydrogens is 707 g/mol. The quantitative estimate of drug-likeness (QED) is 0.176. The molecule has 1 aliphatic heterocycles. The van der Waals surface area contributed by atoms with E-state index in [0.717, 1.165) is 49.9 Å². The number of benzene rings is 9. The van der Waals surface area contributed by atoms with Crippen molar-refractivity contribution in [2.45, 2.75) is 0 Å². The highest BCUT2D eigenvalue weighted by Crippen LogP contribution is 2.53. The minimum Gasteiger partial charge on any atom is -0.309 e. The molecule has 5 heteroatoms. The summed E-state index contributed by atoms with van der Waals surface area (Å²) in [6, 6.07) is 71.0. The van der Waals surface area contributed by atoms with Crippen LogP contribution in [0.1, 0.15) is 0 Å². The number of para-hydroxylation sites is 2. The van der Waals surface area contributed by atoms with Crippen LogP contribution in [-0.4, -0.2) is 19.5 Å². The summed E-state index contributed by atoms with van der Waals surface area (Å²) in [6.07, 6.45) is 0. The average molecular weight is 740 g/mol. The maximum absolute atomic E-state index is 5.24. The summed E-state index contributed by atoms with van der Waals surface area (Å²) in [7, 11) is 0. The van der Waals surface area contributed by atoms with Gasteiger partial charge in [-0.15, -0.1) is 0 Å². The third-order valence-electron chi connectivity index (χ3n) is 11.6. The molecule has 0 spiro atoms. The number of aromatic nitrogens is 4. The maximum Gasteiger partial charge on any atom is 0.238 e. The summed E-state index contributed by atoms with van der Waals surface area (Å²) in [5, 5.41) is 7.27. The van der Waals surface area contributed by atoms with E-state index >= 15 is 0 Å². The molecule has 0 N–H and O–H groups in total. The molecule has 0 unspecified atom stereocenters. The zero-order valence-electron chi connectivity index (χ0n) is 31.3. The number of hydrogen-bond donors (Lipinski definition) is 0. The molecule has 1 aliphatic rings.